The monoisotopic (exact) mass is 272 g/mol. The van der Waals surface area contributed by atoms with Gasteiger partial charge in [0.2, 0.25) is 5.91 Å². The maximum absolute atomic E-state index is 12.1. The highest BCUT2D eigenvalue weighted by Gasteiger charge is 2.46. The Morgan fingerprint density at radius 2 is 2.10 bits per heavy atom. The number of amides is 2. The Kier molecular flexibility index (Phi) is 3.47. The Morgan fingerprint density at radius 3 is 2.85 bits per heavy atom. The number of benzene rings is 1. The highest BCUT2D eigenvalue weighted by Crippen LogP contribution is 2.41. The SMILES string of the molecule is C[C@H]1C[C@H]2NC(=O)C[C@H]2[C@@H]1CNC(=O)c1ccccc1. The van der Waals surface area contributed by atoms with Gasteiger partial charge < -0.3 is 10.6 Å². The Hall–Kier alpha value is -1.84. The van der Waals surface area contributed by atoms with Gasteiger partial charge in [-0.2, -0.15) is 0 Å². The molecule has 0 radical (unpaired) electrons. The molecule has 1 aromatic rings. The van der Waals surface area contributed by atoms with Crippen molar-refractivity contribution in [3.8, 4) is 0 Å². The molecule has 0 bridgehead atoms. The summed E-state index contributed by atoms with van der Waals surface area (Å²) in [6.07, 6.45) is 1.64. The molecule has 3 rings (SSSR count). The topological polar surface area (TPSA) is 58.2 Å². The lowest BCUT2D eigenvalue weighted by atomic mass is 9.88. The van der Waals surface area contributed by atoms with E-state index in [4.69, 9.17) is 0 Å². The minimum absolute atomic E-state index is 0.0291. The van der Waals surface area contributed by atoms with Gasteiger partial charge in [0.1, 0.15) is 0 Å². The number of rotatable bonds is 3. The normalized spacial score (nSPS) is 31.8. The quantitative estimate of drug-likeness (QED) is 0.877. The van der Waals surface area contributed by atoms with Crippen LogP contribution >= 0.6 is 0 Å². The van der Waals surface area contributed by atoms with Gasteiger partial charge in [0, 0.05) is 24.6 Å². The van der Waals surface area contributed by atoms with Crippen molar-refractivity contribution in [3.05, 3.63) is 35.9 Å². The molecule has 1 saturated heterocycles. The molecular formula is C16H20N2O2. The van der Waals surface area contributed by atoms with Crippen LogP contribution in [0.1, 0.15) is 30.1 Å². The molecule has 1 aliphatic heterocycles. The summed E-state index contributed by atoms with van der Waals surface area (Å²) in [5.74, 6) is 1.45. The van der Waals surface area contributed by atoms with Gasteiger partial charge in [-0.25, -0.2) is 0 Å². The molecule has 4 heteroatoms. The lowest BCUT2D eigenvalue weighted by Gasteiger charge is -2.21. The molecule has 1 heterocycles. The maximum Gasteiger partial charge on any atom is 0.251 e. The van der Waals surface area contributed by atoms with Crippen LogP contribution in [-0.4, -0.2) is 24.4 Å². The lowest BCUT2D eigenvalue weighted by molar-refractivity contribution is -0.119. The number of fused-ring (bicyclic) bond motifs is 1. The van der Waals surface area contributed by atoms with Crippen molar-refractivity contribution >= 4 is 11.8 Å². The van der Waals surface area contributed by atoms with Crippen LogP contribution in [0.5, 0.6) is 0 Å². The van der Waals surface area contributed by atoms with Crippen molar-refractivity contribution in [2.24, 2.45) is 17.8 Å². The predicted octanol–water partition coefficient (Wildman–Crippen LogP) is 1.58. The number of carbonyl (C=O) groups excluding carboxylic acids is 2. The highest BCUT2D eigenvalue weighted by molar-refractivity contribution is 5.94. The third-order valence-electron chi connectivity index (χ3n) is 4.73. The Labute approximate surface area is 118 Å². The first-order valence-corrected chi connectivity index (χ1v) is 7.28. The summed E-state index contributed by atoms with van der Waals surface area (Å²) in [6.45, 7) is 2.87. The third-order valence-corrected chi connectivity index (χ3v) is 4.73. The van der Waals surface area contributed by atoms with Crippen LogP contribution in [0.25, 0.3) is 0 Å². The summed E-state index contributed by atoms with van der Waals surface area (Å²) in [5, 5.41) is 6.06. The molecule has 0 spiro atoms. The zero-order valence-electron chi connectivity index (χ0n) is 11.6. The molecule has 2 N–H and O–H groups in total. The summed E-state index contributed by atoms with van der Waals surface area (Å²) < 4.78 is 0. The van der Waals surface area contributed by atoms with Crippen LogP contribution < -0.4 is 10.6 Å². The lowest BCUT2D eigenvalue weighted by Crippen LogP contribution is -2.33. The smallest absolute Gasteiger partial charge is 0.251 e. The van der Waals surface area contributed by atoms with E-state index in [9.17, 15) is 9.59 Å². The van der Waals surface area contributed by atoms with E-state index >= 15 is 0 Å². The fourth-order valence-electron chi connectivity index (χ4n) is 3.66. The molecule has 20 heavy (non-hydrogen) atoms. The van der Waals surface area contributed by atoms with Gasteiger partial charge in [-0.1, -0.05) is 25.1 Å². The zero-order valence-corrected chi connectivity index (χ0v) is 11.6. The van der Waals surface area contributed by atoms with E-state index < -0.39 is 0 Å². The highest BCUT2D eigenvalue weighted by atomic mass is 16.2. The molecule has 106 valence electrons. The van der Waals surface area contributed by atoms with Crippen LogP contribution in [0.15, 0.2) is 30.3 Å². The molecule has 0 aromatic heterocycles. The molecule has 0 unspecified atom stereocenters. The van der Waals surface area contributed by atoms with Crippen LogP contribution in [0.4, 0.5) is 0 Å². The van der Waals surface area contributed by atoms with E-state index in [1.54, 1.807) is 0 Å². The molecule has 2 amide bonds. The van der Waals surface area contributed by atoms with Gasteiger partial charge in [-0.05, 0) is 36.3 Å². The van der Waals surface area contributed by atoms with Crippen molar-refractivity contribution in [2.75, 3.05) is 6.54 Å². The van der Waals surface area contributed by atoms with Gasteiger partial charge in [0.15, 0.2) is 0 Å². The number of carbonyl (C=O) groups is 2. The zero-order chi connectivity index (χ0) is 14.1. The van der Waals surface area contributed by atoms with E-state index in [-0.39, 0.29) is 11.8 Å². The summed E-state index contributed by atoms with van der Waals surface area (Å²) >= 11 is 0. The van der Waals surface area contributed by atoms with E-state index in [0.717, 1.165) is 6.42 Å². The largest absolute Gasteiger partial charge is 0.353 e. The summed E-state index contributed by atoms with van der Waals surface area (Å²) in [5.41, 5.74) is 0.690. The second kappa shape index (κ2) is 5.27. The van der Waals surface area contributed by atoms with E-state index in [1.165, 1.54) is 0 Å². The minimum Gasteiger partial charge on any atom is -0.353 e. The first-order chi connectivity index (χ1) is 9.65. The van der Waals surface area contributed by atoms with Gasteiger partial charge in [-0.3, -0.25) is 9.59 Å². The van der Waals surface area contributed by atoms with Gasteiger partial charge in [0.25, 0.3) is 5.91 Å². The number of hydrogen-bond acceptors (Lipinski definition) is 2. The molecule has 2 aliphatic rings. The second-order valence-electron chi connectivity index (χ2n) is 5.99. The van der Waals surface area contributed by atoms with E-state index in [0.29, 0.717) is 42.3 Å². The van der Waals surface area contributed by atoms with Crippen LogP contribution in [0.3, 0.4) is 0 Å². The average Bonchev–Trinajstić information content (AvgIpc) is 2.92. The van der Waals surface area contributed by atoms with Crippen molar-refractivity contribution < 1.29 is 9.59 Å². The van der Waals surface area contributed by atoms with Gasteiger partial charge in [0.05, 0.1) is 0 Å². The molecular weight excluding hydrogens is 252 g/mol. The van der Waals surface area contributed by atoms with Crippen molar-refractivity contribution in [2.45, 2.75) is 25.8 Å². The number of hydrogen-bond donors (Lipinski definition) is 2. The molecule has 1 aromatic carbocycles. The van der Waals surface area contributed by atoms with E-state index in [1.807, 2.05) is 30.3 Å². The molecule has 2 fully saturated rings. The van der Waals surface area contributed by atoms with Gasteiger partial charge >= 0.3 is 0 Å². The number of nitrogens with one attached hydrogen (secondary N) is 2. The van der Waals surface area contributed by atoms with Crippen molar-refractivity contribution in [1.29, 1.82) is 0 Å². The Bertz CT molecular complexity index is 514. The Balaban J connectivity index is 1.61. The van der Waals surface area contributed by atoms with E-state index in [2.05, 4.69) is 17.6 Å². The standard InChI is InChI=1S/C16H20N2O2/c1-10-7-14-12(8-15(19)18-14)13(10)9-17-16(20)11-5-3-2-4-6-11/h2-6,10,12-14H,7-9H2,1H3,(H,17,20)(H,18,19)/t10-,12-,13+,14+/m0/s1. The fourth-order valence-corrected chi connectivity index (χ4v) is 3.66. The van der Waals surface area contributed by atoms with Crippen LogP contribution in [0, 0.1) is 17.8 Å². The second-order valence-corrected chi connectivity index (χ2v) is 5.99. The first-order valence-electron chi connectivity index (χ1n) is 7.28. The third kappa shape index (κ3) is 2.42. The van der Waals surface area contributed by atoms with Gasteiger partial charge in [-0.15, -0.1) is 0 Å². The van der Waals surface area contributed by atoms with Crippen molar-refractivity contribution in [1.82, 2.24) is 10.6 Å². The molecule has 1 saturated carbocycles. The minimum atomic E-state index is -0.0291. The van der Waals surface area contributed by atoms with Crippen LogP contribution in [0.2, 0.25) is 0 Å². The van der Waals surface area contributed by atoms with Crippen LogP contribution in [-0.2, 0) is 4.79 Å². The molecule has 1 aliphatic carbocycles. The summed E-state index contributed by atoms with van der Waals surface area (Å²) in [4.78, 5) is 23.5. The fraction of sp³-hybridized carbons (Fsp3) is 0.500. The summed E-state index contributed by atoms with van der Waals surface area (Å²) in [6, 6.07) is 9.58. The van der Waals surface area contributed by atoms with Crippen molar-refractivity contribution in [3.63, 3.8) is 0 Å². The molecule has 4 atom stereocenters. The summed E-state index contributed by atoms with van der Waals surface area (Å²) in [7, 11) is 0. The average molecular weight is 272 g/mol. The Morgan fingerprint density at radius 1 is 1.35 bits per heavy atom. The molecule has 4 nitrogen and oxygen atoms in total. The first kappa shape index (κ1) is 13.2. The maximum atomic E-state index is 12.1. The predicted molar refractivity (Wildman–Crippen MR) is 76.1 cm³/mol.